The molecule has 0 N–H and O–H groups in total. The van der Waals surface area contributed by atoms with E-state index in [1.165, 1.54) is 12.8 Å². The monoisotopic (exact) mass is 328 g/mol. The van der Waals surface area contributed by atoms with Gasteiger partial charge < -0.3 is 0 Å². The Kier molecular flexibility index (Phi) is 5.21. The van der Waals surface area contributed by atoms with Crippen LogP contribution in [0.3, 0.4) is 0 Å². The molecule has 5 nitrogen and oxygen atoms in total. The number of hydrogen-bond donors (Lipinski definition) is 0. The molecular formula is C18H36N2O3. The van der Waals surface area contributed by atoms with Crippen molar-refractivity contribution in [1.82, 2.24) is 10.1 Å². The topological polar surface area (TPSA) is 34.2 Å². The molecule has 0 aromatic heterocycles. The van der Waals surface area contributed by atoms with E-state index in [1.54, 1.807) is 0 Å². The van der Waals surface area contributed by atoms with Crippen molar-refractivity contribution in [2.75, 3.05) is 13.1 Å². The Morgan fingerprint density at radius 3 is 1.30 bits per heavy atom. The lowest BCUT2D eigenvalue weighted by molar-refractivity contribution is -0.651. The first-order valence-electron chi connectivity index (χ1n) is 8.99. The van der Waals surface area contributed by atoms with E-state index in [0.29, 0.717) is 0 Å². The van der Waals surface area contributed by atoms with Crippen molar-refractivity contribution in [3.63, 3.8) is 0 Å². The Labute approximate surface area is 142 Å². The summed E-state index contributed by atoms with van der Waals surface area (Å²) in [6.07, 6.45) is 4.58. The van der Waals surface area contributed by atoms with Crippen molar-refractivity contribution in [3.8, 4) is 0 Å². The van der Waals surface area contributed by atoms with Crippen LogP contribution >= 0.6 is 0 Å². The first kappa shape index (κ1) is 19.1. The molecule has 0 bridgehead atoms. The Hall–Kier alpha value is -0.200. The molecule has 2 heterocycles. The Balaban J connectivity index is 1.92. The van der Waals surface area contributed by atoms with Crippen molar-refractivity contribution in [2.24, 2.45) is 10.8 Å². The van der Waals surface area contributed by atoms with E-state index >= 15 is 0 Å². The molecule has 0 saturated carbocycles. The summed E-state index contributed by atoms with van der Waals surface area (Å²) in [4.78, 5) is 11.1. The zero-order valence-electron chi connectivity index (χ0n) is 16.4. The normalized spacial score (nSPS) is 30.3. The van der Waals surface area contributed by atoms with Gasteiger partial charge >= 0.3 is 0 Å². The van der Waals surface area contributed by atoms with E-state index in [2.05, 4.69) is 55.4 Å². The van der Waals surface area contributed by atoms with Crippen LogP contribution in [0.2, 0.25) is 0 Å². The van der Waals surface area contributed by atoms with Crippen LogP contribution in [0.4, 0.5) is 0 Å². The molecule has 23 heavy (non-hydrogen) atoms. The fraction of sp³-hybridized carbons (Fsp3) is 1.00. The largest absolute Gasteiger partial charge is 0.148 e. The maximum absolute atomic E-state index is 5.57. The SMILES string of the molecule is CC1(C)CCCN(OOON2CCCC(C)(C)C2(C)C)C1(C)C. The zero-order chi connectivity index (χ0) is 17.5. The van der Waals surface area contributed by atoms with Crippen LogP contribution in [0.1, 0.15) is 81.1 Å². The molecule has 0 radical (unpaired) electrons. The summed E-state index contributed by atoms with van der Waals surface area (Å²) in [5.41, 5.74) is 0.124. The molecule has 0 atom stereocenters. The molecule has 0 amide bonds. The molecule has 0 unspecified atom stereocenters. The highest BCUT2D eigenvalue weighted by Gasteiger charge is 2.48. The van der Waals surface area contributed by atoms with Gasteiger partial charge in [-0.25, -0.2) is 0 Å². The average molecular weight is 328 g/mol. The predicted octanol–water partition coefficient (Wildman–Crippen LogP) is 4.50. The van der Waals surface area contributed by atoms with Gasteiger partial charge in [-0.05, 0) is 69.2 Å². The molecule has 2 rings (SSSR count). The number of rotatable bonds is 4. The van der Waals surface area contributed by atoms with Gasteiger partial charge in [-0.2, -0.15) is 0 Å². The van der Waals surface area contributed by atoms with Crippen LogP contribution < -0.4 is 0 Å². The molecule has 0 aliphatic carbocycles. The van der Waals surface area contributed by atoms with Gasteiger partial charge in [-0.3, -0.25) is 0 Å². The van der Waals surface area contributed by atoms with Crippen LogP contribution in [-0.4, -0.2) is 34.3 Å². The second-order valence-corrected chi connectivity index (χ2v) is 9.51. The molecule has 0 aromatic rings. The zero-order valence-corrected chi connectivity index (χ0v) is 16.4. The molecule has 2 saturated heterocycles. The highest BCUT2D eigenvalue weighted by molar-refractivity contribution is 4.96. The molecule has 2 aliphatic heterocycles. The minimum atomic E-state index is -0.106. The first-order valence-corrected chi connectivity index (χ1v) is 8.99. The fourth-order valence-electron chi connectivity index (χ4n) is 3.52. The van der Waals surface area contributed by atoms with Gasteiger partial charge in [0.25, 0.3) is 0 Å². The van der Waals surface area contributed by atoms with Gasteiger partial charge in [0.1, 0.15) is 0 Å². The molecule has 2 fully saturated rings. The molecule has 0 aromatic carbocycles. The summed E-state index contributed by atoms with van der Waals surface area (Å²) in [6.45, 7) is 19.6. The Bertz CT molecular complexity index is 380. The third-order valence-corrected chi connectivity index (χ3v) is 7.13. The summed E-state index contributed by atoms with van der Waals surface area (Å²) < 4.78 is 0. The van der Waals surface area contributed by atoms with Gasteiger partial charge in [0.2, 0.25) is 0 Å². The minimum Gasteiger partial charge on any atom is -0.148 e. The average Bonchev–Trinajstić information content (AvgIpc) is 2.40. The summed E-state index contributed by atoms with van der Waals surface area (Å²) in [5.74, 6) is 0. The number of hydroxylamine groups is 4. The maximum atomic E-state index is 5.57. The molecular weight excluding hydrogens is 292 g/mol. The quantitative estimate of drug-likeness (QED) is 0.561. The van der Waals surface area contributed by atoms with Crippen molar-refractivity contribution in [3.05, 3.63) is 0 Å². The van der Waals surface area contributed by atoms with Crippen molar-refractivity contribution >= 4 is 0 Å². The molecule has 2 aliphatic rings. The van der Waals surface area contributed by atoms with Crippen LogP contribution in [0.15, 0.2) is 0 Å². The lowest BCUT2D eigenvalue weighted by atomic mass is 9.69. The third kappa shape index (κ3) is 3.45. The van der Waals surface area contributed by atoms with Crippen molar-refractivity contribution in [1.29, 1.82) is 0 Å². The highest BCUT2D eigenvalue weighted by atomic mass is 17.6. The van der Waals surface area contributed by atoms with E-state index in [1.807, 2.05) is 10.1 Å². The highest BCUT2D eigenvalue weighted by Crippen LogP contribution is 2.45. The van der Waals surface area contributed by atoms with Crippen LogP contribution in [0.25, 0.3) is 0 Å². The van der Waals surface area contributed by atoms with Crippen molar-refractivity contribution in [2.45, 2.75) is 92.2 Å². The minimum absolute atomic E-state index is 0.106. The van der Waals surface area contributed by atoms with Gasteiger partial charge in [-0.1, -0.05) is 27.7 Å². The first-order chi connectivity index (χ1) is 10.4. The maximum Gasteiger partial charge on any atom is 0.0488 e. The van der Waals surface area contributed by atoms with E-state index in [9.17, 15) is 0 Å². The van der Waals surface area contributed by atoms with E-state index in [-0.39, 0.29) is 21.9 Å². The smallest absolute Gasteiger partial charge is 0.0488 e. The van der Waals surface area contributed by atoms with Gasteiger partial charge in [-0.15, -0.1) is 20.1 Å². The number of hydrogen-bond acceptors (Lipinski definition) is 5. The second kappa shape index (κ2) is 6.26. The standard InChI is InChI=1S/C18H36N2O3/c1-15(2)11-9-13-19(17(15,5)6)21-23-22-20-14-10-12-16(3,4)18(20,7)8/h9-14H2,1-8H3. The van der Waals surface area contributed by atoms with Crippen LogP contribution in [0, 0.1) is 10.8 Å². The van der Waals surface area contributed by atoms with Gasteiger partial charge in [0.15, 0.2) is 0 Å². The van der Waals surface area contributed by atoms with E-state index in [4.69, 9.17) is 15.0 Å². The molecule has 0 spiro atoms. The summed E-state index contributed by atoms with van der Waals surface area (Å²) in [6, 6.07) is 0. The van der Waals surface area contributed by atoms with Crippen molar-refractivity contribution < 1.29 is 15.0 Å². The molecule has 136 valence electrons. The Morgan fingerprint density at radius 2 is 0.957 bits per heavy atom. The summed E-state index contributed by atoms with van der Waals surface area (Å²) in [7, 11) is 0. The van der Waals surface area contributed by atoms with Crippen LogP contribution in [0.5, 0.6) is 0 Å². The number of nitrogens with zero attached hydrogens (tertiary/aromatic N) is 2. The predicted molar refractivity (Wildman–Crippen MR) is 90.9 cm³/mol. The molecule has 5 heteroatoms. The lowest BCUT2D eigenvalue weighted by Crippen LogP contribution is -2.59. The van der Waals surface area contributed by atoms with Crippen LogP contribution in [-0.2, 0) is 15.0 Å². The summed E-state index contributed by atoms with van der Waals surface area (Å²) in [5, 5.41) is 9.05. The van der Waals surface area contributed by atoms with Gasteiger partial charge in [0, 0.05) is 24.2 Å². The van der Waals surface area contributed by atoms with Gasteiger partial charge in [0.05, 0.1) is 0 Å². The lowest BCUT2D eigenvalue weighted by Gasteiger charge is -2.52. The number of piperidine rings is 2. The Morgan fingerprint density at radius 1 is 0.609 bits per heavy atom. The fourth-order valence-corrected chi connectivity index (χ4v) is 3.52. The second-order valence-electron chi connectivity index (χ2n) is 9.51. The summed E-state index contributed by atoms with van der Waals surface area (Å²) >= 11 is 0. The third-order valence-electron chi connectivity index (χ3n) is 7.13. The van der Waals surface area contributed by atoms with E-state index in [0.717, 1.165) is 25.9 Å². The van der Waals surface area contributed by atoms with E-state index < -0.39 is 0 Å².